The Kier molecular flexibility index (Phi) is 5.01. The molecule has 1 saturated heterocycles. The van der Waals surface area contributed by atoms with Crippen LogP contribution in [-0.4, -0.2) is 43.2 Å². The molecular formula is C14H26N2O2. The van der Waals surface area contributed by atoms with Gasteiger partial charge in [0.1, 0.15) is 0 Å². The molecule has 2 N–H and O–H groups in total. The molecule has 2 fully saturated rings. The highest BCUT2D eigenvalue weighted by molar-refractivity contribution is 5.69. The quantitative estimate of drug-likeness (QED) is 0.773. The molecule has 104 valence electrons. The van der Waals surface area contributed by atoms with E-state index in [1.807, 2.05) is 0 Å². The molecule has 1 aliphatic heterocycles. The summed E-state index contributed by atoms with van der Waals surface area (Å²) >= 11 is 0. The second-order valence-corrected chi connectivity index (χ2v) is 5.87. The fourth-order valence-corrected chi connectivity index (χ4v) is 3.49. The molecule has 2 atom stereocenters. The van der Waals surface area contributed by atoms with Crippen LogP contribution in [0.4, 0.5) is 0 Å². The van der Waals surface area contributed by atoms with Gasteiger partial charge in [0.2, 0.25) is 0 Å². The zero-order valence-electron chi connectivity index (χ0n) is 11.4. The van der Waals surface area contributed by atoms with Gasteiger partial charge in [0.15, 0.2) is 0 Å². The lowest BCUT2D eigenvalue weighted by atomic mass is 9.89. The Morgan fingerprint density at radius 2 is 2.06 bits per heavy atom. The van der Waals surface area contributed by atoms with Crippen LogP contribution in [0, 0.1) is 5.92 Å². The van der Waals surface area contributed by atoms with Crippen molar-refractivity contribution in [3.05, 3.63) is 0 Å². The van der Waals surface area contributed by atoms with Crippen LogP contribution in [0.5, 0.6) is 0 Å². The van der Waals surface area contributed by atoms with Crippen LogP contribution >= 0.6 is 0 Å². The first-order valence-corrected chi connectivity index (χ1v) is 7.25. The predicted molar refractivity (Wildman–Crippen MR) is 71.2 cm³/mol. The van der Waals surface area contributed by atoms with E-state index in [2.05, 4.69) is 4.90 Å². The third-order valence-electron chi connectivity index (χ3n) is 4.42. The molecule has 2 unspecified atom stereocenters. The van der Waals surface area contributed by atoms with E-state index in [4.69, 9.17) is 10.5 Å². The minimum absolute atomic E-state index is 0.0958. The highest BCUT2D eigenvalue weighted by Gasteiger charge is 2.31. The van der Waals surface area contributed by atoms with Crippen molar-refractivity contribution in [2.45, 2.75) is 57.0 Å². The Morgan fingerprint density at radius 1 is 1.33 bits per heavy atom. The van der Waals surface area contributed by atoms with Gasteiger partial charge in [-0.2, -0.15) is 0 Å². The van der Waals surface area contributed by atoms with Crippen molar-refractivity contribution in [1.29, 1.82) is 0 Å². The predicted octanol–water partition coefficient (Wildman–Crippen LogP) is 1.53. The first-order chi connectivity index (χ1) is 8.69. The summed E-state index contributed by atoms with van der Waals surface area (Å²) in [7, 11) is 1.46. The zero-order chi connectivity index (χ0) is 13.0. The summed E-state index contributed by atoms with van der Waals surface area (Å²) in [5.41, 5.74) is 6.16. The normalized spacial score (nSPS) is 30.6. The largest absolute Gasteiger partial charge is 0.469 e. The molecule has 1 saturated carbocycles. The maximum Gasteiger partial charge on any atom is 0.305 e. The van der Waals surface area contributed by atoms with Crippen LogP contribution in [0.3, 0.4) is 0 Å². The average molecular weight is 254 g/mol. The van der Waals surface area contributed by atoms with E-state index < -0.39 is 0 Å². The Bertz CT molecular complexity index is 277. The zero-order valence-corrected chi connectivity index (χ0v) is 11.4. The molecule has 2 rings (SSSR count). The van der Waals surface area contributed by atoms with Crippen LogP contribution in [0.1, 0.15) is 44.9 Å². The van der Waals surface area contributed by atoms with Crippen molar-refractivity contribution in [3.8, 4) is 0 Å². The number of methoxy groups -OCH3 is 1. The standard InChI is InChI=1S/C14H26N2O2/c1-18-14(17)7-6-11-8-12(15)10-16(9-11)13-4-2-3-5-13/h11-13H,2-10,15H2,1H3. The molecule has 1 aliphatic carbocycles. The van der Waals surface area contributed by atoms with Crippen molar-refractivity contribution >= 4 is 5.97 Å². The number of nitrogens with zero attached hydrogens (tertiary/aromatic N) is 1. The van der Waals surface area contributed by atoms with Crippen LogP contribution in [0.15, 0.2) is 0 Å². The van der Waals surface area contributed by atoms with Crippen molar-refractivity contribution in [2.75, 3.05) is 20.2 Å². The second-order valence-electron chi connectivity index (χ2n) is 5.87. The van der Waals surface area contributed by atoms with Crippen LogP contribution in [0.25, 0.3) is 0 Å². The fourth-order valence-electron chi connectivity index (χ4n) is 3.49. The molecule has 0 spiro atoms. The number of nitrogens with two attached hydrogens (primary N) is 1. The van der Waals surface area contributed by atoms with Crippen molar-refractivity contribution in [2.24, 2.45) is 11.7 Å². The van der Waals surface area contributed by atoms with E-state index >= 15 is 0 Å². The van der Waals surface area contributed by atoms with E-state index in [0.717, 1.165) is 32.0 Å². The summed E-state index contributed by atoms with van der Waals surface area (Å²) in [6.45, 7) is 2.16. The third-order valence-corrected chi connectivity index (χ3v) is 4.42. The molecule has 0 radical (unpaired) electrons. The molecule has 0 amide bonds. The number of likely N-dealkylation sites (tertiary alicyclic amines) is 1. The maximum absolute atomic E-state index is 11.2. The SMILES string of the molecule is COC(=O)CCC1CC(N)CN(C2CCCC2)C1. The van der Waals surface area contributed by atoms with Gasteiger partial charge in [0.05, 0.1) is 7.11 Å². The number of ether oxygens (including phenoxy) is 1. The Hall–Kier alpha value is -0.610. The van der Waals surface area contributed by atoms with E-state index in [1.165, 1.54) is 32.8 Å². The summed E-state index contributed by atoms with van der Waals surface area (Å²) in [5.74, 6) is 0.468. The number of rotatable bonds is 4. The monoisotopic (exact) mass is 254 g/mol. The summed E-state index contributed by atoms with van der Waals surface area (Å²) in [5, 5.41) is 0. The van der Waals surface area contributed by atoms with Crippen LogP contribution in [0.2, 0.25) is 0 Å². The summed E-state index contributed by atoms with van der Waals surface area (Å²) in [4.78, 5) is 13.8. The Morgan fingerprint density at radius 3 is 2.72 bits per heavy atom. The number of hydrogen-bond acceptors (Lipinski definition) is 4. The summed E-state index contributed by atoms with van der Waals surface area (Å²) in [6.07, 6.45) is 7.90. The Labute approximate surface area is 110 Å². The fraction of sp³-hybridized carbons (Fsp3) is 0.929. The number of piperidine rings is 1. The van der Waals surface area contributed by atoms with Crippen molar-refractivity contribution < 1.29 is 9.53 Å². The average Bonchev–Trinajstić information content (AvgIpc) is 2.89. The molecule has 4 nitrogen and oxygen atoms in total. The second kappa shape index (κ2) is 6.53. The highest BCUT2D eigenvalue weighted by Crippen LogP contribution is 2.29. The summed E-state index contributed by atoms with van der Waals surface area (Å²) in [6, 6.07) is 1.03. The van der Waals surface area contributed by atoms with Gasteiger partial charge in [-0.15, -0.1) is 0 Å². The van der Waals surface area contributed by atoms with Gasteiger partial charge in [-0.3, -0.25) is 9.69 Å². The van der Waals surface area contributed by atoms with Gasteiger partial charge < -0.3 is 10.5 Å². The van der Waals surface area contributed by atoms with E-state index in [0.29, 0.717) is 12.3 Å². The van der Waals surface area contributed by atoms with Gasteiger partial charge in [-0.25, -0.2) is 0 Å². The van der Waals surface area contributed by atoms with Crippen molar-refractivity contribution in [3.63, 3.8) is 0 Å². The minimum Gasteiger partial charge on any atom is -0.469 e. The molecule has 2 aliphatic rings. The van der Waals surface area contributed by atoms with Gasteiger partial charge in [0.25, 0.3) is 0 Å². The minimum atomic E-state index is -0.0958. The number of carbonyl (C=O) groups excluding carboxylic acids is 1. The third kappa shape index (κ3) is 3.69. The smallest absolute Gasteiger partial charge is 0.305 e. The molecule has 0 aromatic rings. The van der Waals surface area contributed by atoms with Gasteiger partial charge in [-0.05, 0) is 31.6 Å². The van der Waals surface area contributed by atoms with E-state index in [9.17, 15) is 4.79 Å². The van der Waals surface area contributed by atoms with E-state index in [1.54, 1.807) is 0 Å². The van der Waals surface area contributed by atoms with E-state index in [-0.39, 0.29) is 12.0 Å². The van der Waals surface area contributed by atoms with Gasteiger partial charge in [-0.1, -0.05) is 12.8 Å². The van der Waals surface area contributed by atoms with Gasteiger partial charge >= 0.3 is 5.97 Å². The summed E-state index contributed by atoms with van der Waals surface area (Å²) < 4.78 is 4.71. The number of esters is 1. The lowest BCUT2D eigenvalue weighted by Crippen LogP contribution is -2.50. The van der Waals surface area contributed by atoms with Crippen LogP contribution in [-0.2, 0) is 9.53 Å². The number of hydrogen-bond donors (Lipinski definition) is 1. The molecule has 0 aromatic heterocycles. The number of carbonyl (C=O) groups is 1. The molecule has 18 heavy (non-hydrogen) atoms. The highest BCUT2D eigenvalue weighted by atomic mass is 16.5. The van der Waals surface area contributed by atoms with Crippen molar-refractivity contribution in [1.82, 2.24) is 4.90 Å². The molecule has 4 heteroatoms. The molecule has 0 bridgehead atoms. The molecule has 0 aromatic carbocycles. The Balaban J connectivity index is 1.81. The lowest BCUT2D eigenvalue weighted by Gasteiger charge is -2.39. The van der Waals surface area contributed by atoms with Gasteiger partial charge in [0, 0.05) is 31.6 Å². The molecular weight excluding hydrogens is 228 g/mol. The molecule has 1 heterocycles. The van der Waals surface area contributed by atoms with Crippen LogP contribution < -0.4 is 5.73 Å². The maximum atomic E-state index is 11.2. The first-order valence-electron chi connectivity index (χ1n) is 7.25. The topological polar surface area (TPSA) is 55.6 Å². The first kappa shape index (κ1) is 13.8. The lowest BCUT2D eigenvalue weighted by molar-refractivity contribution is -0.141.